The Kier molecular flexibility index (Phi) is 5.40. The molecule has 0 aliphatic carbocycles. The predicted octanol–water partition coefficient (Wildman–Crippen LogP) is 2.67. The minimum absolute atomic E-state index is 0.143. The van der Waals surface area contributed by atoms with Crippen LogP contribution in [0.25, 0.3) is 0 Å². The third kappa shape index (κ3) is 4.92. The van der Waals surface area contributed by atoms with E-state index in [0.29, 0.717) is 5.69 Å². The third-order valence-electron chi connectivity index (χ3n) is 3.07. The molecule has 0 saturated heterocycles. The van der Waals surface area contributed by atoms with Crippen LogP contribution in [-0.2, 0) is 11.2 Å². The molecule has 0 spiro atoms. The van der Waals surface area contributed by atoms with Crippen molar-refractivity contribution < 1.29 is 19.8 Å². The maximum Gasteiger partial charge on any atom is 0.335 e. The van der Waals surface area contributed by atoms with Gasteiger partial charge in [0.1, 0.15) is 6.04 Å². The van der Waals surface area contributed by atoms with Crippen LogP contribution < -0.4 is 5.43 Å². The first-order valence-corrected chi connectivity index (χ1v) is 6.82. The minimum atomic E-state index is -1.03. The van der Waals surface area contributed by atoms with Crippen LogP contribution in [-0.4, -0.2) is 28.2 Å². The summed E-state index contributed by atoms with van der Waals surface area (Å²) in [5, 5.41) is 25.5. The molecule has 23 heavy (non-hydrogen) atoms. The number of carboxylic acids is 2. The van der Waals surface area contributed by atoms with Crippen molar-refractivity contribution in [3.05, 3.63) is 65.7 Å². The largest absolute Gasteiger partial charge is 0.480 e. The summed E-state index contributed by atoms with van der Waals surface area (Å²) in [6, 6.07) is 14.1. The van der Waals surface area contributed by atoms with Gasteiger partial charge in [0.15, 0.2) is 0 Å². The fourth-order valence-electron chi connectivity index (χ4n) is 1.86. The number of carbonyl (C=O) groups is 2. The summed E-state index contributed by atoms with van der Waals surface area (Å²) >= 11 is 0. The average Bonchev–Trinajstić information content (AvgIpc) is 2.55. The standard InChI is InChI=1S/C16H15N3O4/c20-15(21)12-6-8-13(9-7-12)17-19-18-14(16(22)23)10-11-4-2-1-3-5-11/h1-9,14H,10H2,(H,17,18)(H,20,21)(H,22,23)/t14-/m0/s1. The normalized spacial score (nSPS) is 12.0. The predicted molar refractivity (Wildman–Crippen MR) is 82.6 cm³/mol. The number of hydrogen-bond donors (Lipinski definition) is 3. The number of nitrogens with one attached hydrogen (secondary N) is 1. The van der Waals surface area contributed by atoms with Crippen molar-refractivity contribution in [1.82, 2.24) is 5.43 Å². The van der Waals surface area contributed by atoms with Crippen molar-refractivity contribution in [1.29, 1.82) is 0 Å². The highest BCUT2D eigenvalue weighted by Gasteiger charge is 2.16. The molecule has 0 radical (unpaired) electrons. The smallest absolute Gasteiger partial charge is 0.335 e. The van der Waals surface area contributed by atoms with Gasteiger partial charge in [-0.05, 0) is 29.8 Å². The average molecular weight is 313 g/mol. The topological polar surface area (TPSA) is 111 Å². The summed E-state index contributed by atoms with van der Waals surface area (Å²) in [7, 11) is 0. The summed E-state index contributed by atoms with van der Waals surface area (Å²) in [6.45, 7) is 0. The number of benzene rings is 2. The molecule has 118 valence electrons. The lowest BCUT2D eigenvalue weighted by Crippen LogP contribution is -2.34. The van der Waals surface area contributed by atoms with Crippen molar-refractivity contribution in [2.45, 2.75) is 12.5 Å². The molecule has 3 N–H and O–H groups in total. The zero-order valence-corrected chi connectivity index (χ0v) is 12.1. The molecule has 0 unspecified atom stereocenters. The lowest BCUT2D eigenvalue weighted by Gasteiger charge is -2.10. The van der Waals surface area contributed by atoms with E-state index >= 15 is 0 Å². The fourth-order valence-corrected chi connectivity index (χ4v) is 1.86. The quantitative estimate of drug-likeness (QED) is 0.537. The molecule has 0 heterocycles. The molecule has 2 aromatic rings. The summed E-state index contributed by atoms with van der Waals surface area (Å²) in [4.78, 5) is 22.0. The van der Waals surface area contributed by atoms with Gasteiger partial charge < -0.3 is 10.2 Å². The van der Waals surface area contributed by atoms with Crippen LogP contribution in [0.15, 0.2) is 64.9 Å². The van der Waals surface area contributed by atoms with Crippen molar-refractivity contribution >= 4 is 17.6 Å². The number of rotatable bonds is 7. The summed E-state index contributed by atoms with van der Waals surface area (Å²) in [5.41, 5.74) is 3.93. The van der Waals surface area contributed by atoms with Crippen molar-refractivity contribution in [3.8, 4) is 0 Å². The van der Waals surface area contributed by atoms with Gasteiger partial charge in [0.25, 0.3) is 0 Å². The highest BCUT2D eigenvalue weighted by atomic mass is 16.4. The maximum atomic E-state index is 11.2. The van der Waals surface area contributed by atoms with Crippen molar-refractivity contribution in [2.24, 2.45) is 10.3 Å². The number of carboxylic acid groups (broad SMARTS) is 2. The molecule has 0 fully saturated rings. The van der Waals surface area contributed by atoms with Crippen LogP contribution in [0.2, 0.25) is 0 Å². The second kappa shape index (κ2) is 7.69. The molecule has 0 aliphatic rings. The molecule has 0 aromatic heterocycles. The van der Waals surface area contributed by atoms with Crippen LogP contribution in [0, 0.1) is 0 Å². The van der Waals surface area contributed by atoms with Crippen molar-refractivity contribution in [3.63, 3.8) is 0 Å². The Hall–Kier alpha value is -3.22. The van der Waals surface area contributed by atoms with Gasteiger partial charge in [-0.2, -0.15) is 0 Å². The number of aromatic carboxylic acids is 1. The SMILES string of the molecule is O=C(O)c1ccc(/N=N\N[C@@H](Cc2ccccc2)C(=O)O)cc1. The zero-order chi connectivity index (χ0) is 16.7. The summed E-state index contributed by atoms with van der Waals surface area (Å²) < 4.78 is 0. The molecule has 1 atom stereocenters. The highest BCUT2D eigenvalue weighted by Crippen LogP contribution is 2.13. The van der Waals surface area contributed by atoms with Gasteiger partial charge in [0.2, 0.25) is 0 Å². The van der Waals surface area contributed by atoms with E-state index in [1.165, 1.54) is 24.3 Å². The van der Waals surface area contributed by atoms with E-state index in [-0.39, 0.29) is 12.0 Å². The van der Waals surface area contributed by atoms with Gasteiger partial charge in [-0.1, -0.05) is 35.6 Å². The molecule has 7 nitrogen and oxygen atoms in total. The fraction of sp³-hybridized carbons (Fsp3) is 0.125. The maximum absolute atomic E-state index is 11.2. The Balaban J connectivity index is 1.98. The van der Waals surface area contributed by atoms with Gasteiger partial charge >= 0.3 is 11.9 Å². The van der Waals surface area contributed by atoms with Gasteiger partial charge in [0.05, 0.1) is 11.3 Å². The second-order valence-electron chi connectivity index (χ2n) is 4.76. The van der Waals surface area contributed by atoms with Crippen molar-refractivity contribution in [2.75, 3.05) is 0 Å². The number of nitrogens with zero attached hydrogens (tertiary/aromatic N) is 2. The summed E-state index contributed by atoms with van der Waals surface area (Å²) in [5.74, 6) is -2.06. The van der Waals surface area contributed by atoms with E-state index in [4.69, 9.17) is 5.11 Å². The molecule has 0 bridgehead atoms. The van der Waals surface area contributed by atoms with Crippen LogP contribution in [0.1, 0.15) is 15.9 Å². The van der Waals surface area contributed by atoms with E-state index in [9.17, 15) is 14.7 Å². The molecule has 7 heteroatoms. The first-order chi connectivity index (χ1) is 11.1. The van der Waals surface area contributed by atoms with Gasteiger partial charge in [-0.3, -0.25) is 5.43 Å². The van der Waals surface area contributed by atoms with Crippen LogP contribution in [0.5, 0.6) is 0 Å². The number of aliphatic carboxylic acids is 1. The monoisotopic (exact) mass is 313 g/mol. The minimum Gasteiger partial charge on any atom is -0.480 e. The van der Waals surface area contributed by atoms with Crippen LogP contribution in [0.4, 0.5) is 5.69 Å². The number of hydrogen-bond acceptors (Lipinski definition) is 4. The lowest BCUT2D eigenvalue weighted by atomic mass is 10.1. The molecular weight excluding hydrogens is 298 g/mol. The van der Waals surface area contributed by atoms with Gasteiger partial charge in [-0.25, -0.2) is 9.59 Å². The van der Waals surface area contributed by atoms with Crippen LogP contribution >= 0.6 is 0 Å². The van der Waals surface area contributed by atoms with E-state index < -0.39 is 18.0 Å². The van der Waals surface area contributed by atoms with E-state index in [2.05, 4.69) is 15.8 Å². The van der Waals surface area contributed by atoms with Crippen LogP contribution in [0.3, 0.4) is 0 Å². The van der Waals surface area contributed by atoms with Gasteiger partial charge in [-0.15, -0.1) is 5.11 Å². The molecule has 2 aromatic carbocycles. The van der Waals surface area contributed by atoms with E-state index in [1.807, 2.05) is 30.3 Å². The lowest BCUT2D eigenvalue weighted by molar-refractivity contribution is -0.139. The Morgan fingerprint density at radius 3 is 2.22 bits per heavy atom. The molecule has 0 amide bonds. The second-order valence-corrected chi connectivity index (χ2v) is 4.76. The Morgan fingerprint density at radius 1 is 1.00 bits per heavy atom. The Labute approximate surface area is 132 Å². The molecule has 2 rings (SSSR count). The van der Waals surface area contributed by atoms with E-state index in [1.54, 1.807) is 0 Å². The molecular formula is C16H15N3O4. The molecule has 0 aliphatic heterocycles. The zero-order valence-electron chi connectivity index (χ0n) is 12.1. The summed E-state index contributed by atoms with van der Waals surface area (Å²) in [6.07, 6.45) is 0.271. The highest BCUT2D eigenvalue weighted by molar-refractivity contribution is 5.87. The first kappa shape index (κ1) is 16.2. The Morgan fingerprint density at radius 2 is 1.65 bits per heavy atom. The van der Waals surface area contributed by atoms with E-state index in [0.717, 1.165) is 5.56 Å². The Bertz CT molecular complexity index is 699. The van der Waals surface area contributed by atoms with Gasteiger partial charge in [0, 0.05) is 6.42 Å². The first-order valence-electron chi connectivity index (χ1n) is 6.82. The third-order valence-corrected chi connectivity index (χ3v) is 3.07. The molecule has 0 saturated carbocycles.